The van der Waals surface area contributed by atoms with Gasteiger partial charge in [-0.3, -0.25) is 9.59 Å². The third kappa shape index (κ3) is 2.72. The molecular formula is C18H17NO3. The van der Waals surface area contributed by atoms with Gasteiger partial charge >= 0.3 is 5.97 Å². The lowest BCUT2D eigenvalue weighted by atomic mass is 10.1. The van der Waals surface area contributed by atoms with Crippen LogP contribution in [-0.4, -0.2) is 25.5 Å². The summed E-state index contributed by atoms with van der Waals surface area (Å²) in [7, 11) is 1.35. The van der Waals surface area contributed by atoms with E-state index in [1.807, 2.05) is 54.6 Å². The quantitative estimate of drug-likeness (QED) is 0.818. The predicted molar refractivity (Wildman–Crippen MR) is 84.4 cm³/mol. The third-order valence-corrected chi connectivity index (χ3v) is 3.95. The van der Waals surface area contributed by atoms with Crippen molar-refractivity contribution in [2.45, 2.75) is 6.42 Å². The van der Waals surface area contributed by atoms with Crippen LogP contribution in [0.25, 0.3) is 11.1 Å². The predicted octanol–water partition coefficient (Wildman–Crippen LogP) is 2.88. The molecule has 112 valence electrons. The van der Waals surface area contributed by atoms with Gasteiger partial charge in [-0.25, -0.2) is 0 Å². The van der Waals surface area contributed by atoms with Crippen LogP contribution in [-0.2, 0) is 14.3 Å². The molecule has 1 aliphatic rings. The molecule has 1 saturated heterocycles. The van der Waals surface area contributed by atoms with E-state index in [9.17, 15) is 9.59 Å². The Hall–Kier alpha value is -2.62. The monoisotopic (exact) mass is 295 g/mol. The molecule has 22 heavy (non-hydrogen) atoms. The van der Waals surface area contributed by atoms with Crippen molar-refractivity contribution in [3.8, 4) is 11.1 Å². The number of ether oxygens (including phenoxy) is 1. The maximum absolute atomic E-state index is 12.1. The minimum Gasteiger partial charge on any atom is -0.469 e. The van der Waals surface area contributed by atoms with Crippen molar-refractivity contribution in [3.05, 3.63) is 54.6 Å². The van der Waals surface area contributed by atoms with Crippen molar-refractivity contribution in [1.82, 2.24) is 0 Å². The summed E-state index contributed by atoms with van der Waals surface area (Å²) >= 11 is 0. The SMILES string of the molecule is COC(=O)[C@@H]1CC(=O)N(c2ccc(-c3ccccc3)cc2)C1. The zero-order valence-corrected chi connectivity index (χ0v) is 12.4. The number of esters is 1. The molecule has 4 nitrogen and oxygen atoms in total. The second kappa shape index (κ2) is 6.02. The maximum Gasteiger partial charge on any atom is 0.311 e. The van der Waals surface area contributed by atoms with E-state index in [0.717, 1.165) is 16.8 Å². The first-order chi connectivity index (χ1) is 10.7. The lowest BCUT2D eigenvalue weighted by Crippen LogP contribution is -2.26. The molecular weight excluding hydrogens is 278 g/mol. The summed E-state index contributed by atoms with van der Waals surface area (Å²) in [6, 6.07) is 17.9. The van der Waals surface area contributed by atoms with Crippen molar-refractivity contribution in [2.24, 2.45) is 5.92 Å². The molecule has 3 rings (SSSR count). The number of carbonyl (C=O) groups is 2. The van der Waals surface area contributed by atoms with E-state index in [-0.39, 0.29) is 24.2 Å². The molecule has 0 radical (unpaired) electrons. The van der Waals surface area contributed by atoms with Crippen LogP contribution in [0.3, 0.4) is 0 Å². The van der Waals surface area contributed by atoms with Gasteiger partial charge in [-0.1, -0.05) is 42.5 Å². The van der Waals surface area contributed by atoms with Crippen LogP contribution in [0.4, 0.5) is 5.69 Å². The molecule has 0 saturated carbocycles. The number of rotatable bonds is 3. The molecule has 0 aliphatic carbocycles. The van der Waals surface area contributed by atoms with Gasteiger partial charge in [0.15, 0.2) is 0 Å². The molecule has 0 aromatic heterocycles. The summed E-state index contributed by atoms with van der Waals surface area (Å²) in [5.41, 5.74) is 3.05. The van der Waals surface area contributed by atoms with Crippen LogP contribution in [0.1, 0.15) is 6.42 Å². The zero-order valence-electron chi connectivity index (χ0n) is 12.4. The Kier molecular flexibility index (Phi) is 3.92. The molecule has 0 N–H and O–H groups in total. The molecule has 1 fully saturated rings. The Bertz CT molecular complexity index is 679. The smallest absolute Gasteiger partial charge is 0.311 e. The highest BCUT2D eigenvalue weighted by Crippen LogP contribution is 2.28. The van der Waals surface area contributed by atoms with Gasteiger partial charge in [0.05, 0.1) is 13.0 Å². The summed E-state index contributed by atoms with van der Waals surface area (Å²) in [6.07, 6.45) is 0.215. The fraction of sp³-hybridized carbons (Fsp3) is 0.222. The molecule has 1 atom stereocenters. The van der Waals surface area contributed by atoms with Gasteiger partial charge in [0.2, 0.25) is 5.91 Å². The number of nitrogens with zero attached hydrogens (tertiary/aromatic N) is 1. The Morgan fingerprint density at radius 2 is 1.68 bits per heavy atom. The zero-order chi connectivity index (χ0) is 15.5. The van der Waals surface area contributed by atoms with E-state index in [0.29, 0.717) is 6.54 Å². The maximum atomic E-state index is 12.1. The fourth-order valence-corrected chi connectivity index (χ4v) is 2.75. The summed E-state index contributed by atoms with van der Waals surface area (Å²) in [5, 5.41) is 0. The van der Waals surface area contributed by atoms with E-state index < -0.39 is 0 Å². The van der Waals surface area contributed by atoms with E-state index in [4.69, 9.17) is 4.74 Å². The number of benzene rings is 2. The lowest BCUT2D eigenvalue weighted by Gasteiger charge is -2.16. The van der Waals surface area contributed by atoms with Gasteiger partial charge in [-0.15, -0.1) is 0 Å². The van der Waals surface area contributed by atoms with Crippen molar-refractivity contribution < 1.29 is 14.3 Å². The molecule has 4 heteroatoms. The topological polar surface area (TPSA) is 46.6 Å². The van der Waals surface area contributed by atoms with Crippen molar-refractivity contribution in [3.63, 3.8) is 0 Å². The first-order valence-corrected chi connectivity index (χ1v) is 7.22. The van der Waals surface area contributed by atoms with E-state index in [2.05, 4.69) is 0 Å². The van der Waals surface area contributed by atoms with E-state index in [1.165, 1.54) is 7.11 Å². The van der Waals surface area contributed by atoms with Crippen LogP contribution >= 0.6 is 0 Å². The number of carbonyl (C=O) groups excluding carboxylic acids is 2. The van der Waals surface area contributed by atoms with E-state index >= 15 is 0 Å². The molecule has 1 aliphatic heterocycles. The molecule has 1 heterocycles. The van der Waals surface area contributed by atoms with Crippen molar-refractivity contribution in [2.75, 3.05) is 18.6 Å². The Morgan fingerprint density at radius 3 is 2.32 bits per heavy atom. The first kappa shape index (κ1) is 14.3. The van der Waals surface area contributed by atoms with Gasteiger partial charge in [0.25, 0.3) is 0 Å². The average Bonchev–Trinajstić information content (AvgIpc) is 2.97. The summed E-state index contributed by atoms with van der Waals surface area (Å²) in [6.45, 7) is 0.385. The summed E-state index contributed by atoms with van der Waals surface area (Å²) < 4.78 is 4.73. The Morgan fingerprint density at radius 1 is 1.05 bits per heavy atom. The summed E-state index contributed by atoms with van der Waals surface area (Å²) in [4.78, 5) is 25.3. The minimum atomic E-state index is -0.369. The number of anilines is 1. The molecule has 0 spiro atoms. The number of methoxy groups -OCH3 is 1. The van der Waals surface area contributed by atoms with Crippen LogP contribution in [0, 0.1) is 5.92 Å². The summed E-state index contributed by atoms with van der Waals surface area (Å²) in [5.74, 6) is -0.731. The fourth-order valence-electron chi connectivity index (χ4n) is 2.75. The number of amides is 1. The second-order valence-corrected chi connectivity index (χ2v) is 5.34. The Balaban J connectivity index is 1.79. The van der Waals surface area contributed by atoms with Crippen LogP contribution in [0.2, 0.25) is 0 Å². The van der Waals surface area contributed by atoms with Crippen LogP contribution in [0.5, 0.6) is 0 Å². The normalized spacial score (nSPS) is 17.6. The first-order valence-electron chi connectivity index (χ1n) is 7.22. The third-order valence-electron chi connectivity index (χ3n) is 3.95. The van der Waals surface area contributed by atoms with Gasteiger partial charge in [0.1, 0.15) is 0 Å². The molecule has 2 aromatic carbocycles. The molecule has 2 aromatic rings. The largest absolute Gasteiger partial charge is 0.469 e. The minimum absolute atomic E-state index is 0.0390. The number of hydrogen-bond donors (Lipinski definition) is 0. The molecule has 0 unspecified atom stereocenters. The highest BCUT2D eigenvalue weighted by atomic mass is 16.5. The van der Waals surface area contributed by atoms with Crippen LogP contribution < -0.4 is 4.90 Å². The van der Waals surface area contributed by atoms with Gasteiger partial charge in [-0.2, -0.15) is 0 Å². The standard InChI is InChI=1S/C18H17NO3/c1-22-18(21)15-11-17(20)19(12-15)16-9-7-14(8-10-16)13-5-3-2-4-6-13/h2-10,15H,11-12H2,1H3/t15-/m1/s1. The lowest BCUT2D eigenvalue weighted by molar-refractivity contribution is -0.145. The molecule has 1 amide bonds. The average molecular weight is 295 g/mol. The van der Waals surface area contributed by atoms with Crippen LogP contribution in [0.15, 0.2) is 54.6 Å². The van der Waals surface area contributed by atoms with E-state index in [1.54, 1.807) is 4.90 Å². The highest BCUT2D eigenvalue weighted by Gasteiger charge is 2.35. The van der Waals surface area contributed by atoms with Crippen molar-refractivity contribution in [1.29, 1.82) is 0 Å². The second-order valence-electron chi connectivity index (χ2n) is 5.34. The van der Waals surface area contributed by atoms with Gasteiger partial charge in [-0.05, 0) is 23.3 Å². The Labute approximate surface area is 129 Å². The van der Waals surface area contributed by atoms with Gasteiger partial charge in [0, 0.05) is 18.7 Å². The van der Waals surface area contributed by atoms with Crippen molar-refractivity contribution >= 4 is 17.6 Å². The number of hydrogen-bond acceptors (Lipinski definition) is 3. The highest BCUT2D eigenvalue weighted by molar-refractivity contribution is 5.99. The van der Waals surface area contributed by atoms with Gasteiger partial charge < -0.3 is 9.64 Å². The molecule has 0 bridgehead atoms.